The maximum absolute atomic E-state index is 12.4. The standard InChI is InChI=1S/C19H39N5O3/c1-8-20-18(23(7)14-17(25)24(9-2)10-3)21-13-16(12-15(5)6)22-19(26)27-11-4/h15-16H,8-14H2,1-7H3,(H,20,21)(H,22,26). The third kappa shape index (κ3) is 10.7. The Labute approximate surface area is 164 Å². The zero-order valence-corrected chi connectivity index (χ0v) is 18.2. The molecule has 0 spiro atoms. The van der Waals surface area contributed by atoms with Gasteiger partial charge in [0.1, 0.15) is 0 Å². The van der Waals surface area contributed by atoms with Crippen LogP contribution < -0.4 is 10.6 Å². The van der Waals surface area contributed by atoms with Crippen LogP contribution in [-0.4, -0.2) is 80.2 Å². The molecule has 1 atom stereocenters. The second-order valence-corrected chi connectivity index (χ2v) is 6.81. The average Bonchev–Trinajstić information content (AvgIpc) is 2.58. The van der Waals surface area contributed by atoms with E-state index in [4.69, 9.17) is 4.74 Å². The Balaban J connectivity index is 5.07. The normalized spacial score (nSPS) is 12.5. The van der Waals surface area contributed by atoms with Crippen LogP contribution in [0.1, 0.15) is 48.0 Å². The van der Waals surface area contributed by atoms with Gasteiger partial charge in [0.05, 0.1) is 25.7 Å². The van der Waals surface area contributed by atoms with Crippen molar-refractivity contribution in [2.75, 3.05) is 46.4 Å². The third-order valence-corrected chi connectivity index (χ3v) is 4.00. The monoisotopic (exact) mass is 385 g/mol. The number of alkyl carbamates (subject to hydrolysis) is 1. The molecule has 0 aromatic heterocycles. The number of aliphatic imine (C=N–C) groups is 1. The lowest BCUT2D eigenvalue weighted by Gasteiger charge is -2.26. The molecule has 0 aromatic rings. The molecule has 0 bridgehead atoms. The minimum Gasteiger partial charge on any atom is -0.450 e. The van der Waals surface area contributed by atoms with Crippen molar-refractivity contribution in [2.24, 2.45) is 10.9 Å². The molecule has 2 N–H and O–H groups in total. The number of nitrogens with one attached hydrogen (secondary N) is 2. The number of amides is 2. The highest BCUT2D eigenvalue weighted by molar-refractivity contribution is 5.86. The first-order valence-electron chi connectivity index (χ1n) is 9.99. The minimum atomic E-state index is -0.423. The predicted molar refractivity (Wildman–Crippen MR) is 110 cm³/mol. The number of ether oxygens (including phenoxy) is 1. The van der Waals surface area contributed by atoms with Gasteiger partial charge in [-0.2, -0.15) is 0 Å². The Morgan fingerprint density at radius 2 is 1.74 bits per heavy atom. The van der Waals surface area contributed by atoms with Gasteiger partial charge in [-0.25, -0.2) is 4.79 Å². The quantitative estimate of drug-likeness (QED) is 0.419. The molecule has 0 saturated heterocycles. The predicted octanol–water partition coefficient (Wildman–Crippen LogP) is 1.91. The summed E-state index contributed by atoms with van der Waals surface area (Å²) in [5.74, 6) is 1.13. The van der Waals surface area contributed by atoms with E-state index in [0.717, 1.165) is 6.42 Å². The van der Waals surface area contributed by atoms with Gasteiger partial charge in [-0.1, -0.05) is 13.8 Å². The molecule has 0 aliphatic heterocycles. The Kier molecular flexibility index (Phi) is 13.1. The maximum Gasteiger partial charge on any atom is 0.407 e. The van der Waals surface area contributed by atoms with Gasteiger partial charge in [0.25, 0.3) is 0 Å². The fourth-order valence-corrected chi connectivity index (χ4v) is 2.71. The zero-order valence-electron chi connectivity index (χ0n) is 18.2. The molecule has 0 fully saturated rings. The first kappa shape index (κ1) is 25.0. The van der Waals surface area contributed by atoms with Crippen molar-refractivity contribution in [1.82, 2.24) is 20.4 Å². The largest absolute Gasteiger partial charge is 0.450 e. The van der Waals surface area contributed by atoms with Crippen LogP contribution in [0.5, 0.6) is 0 Å². The van der Waals surface area contributed by atoms with Crippen LogP contribution in [0.2, 0.25) is 0 Å². The Hall–Kier alpha value is -1.99. The average molecular weight is 386 g/mol. The van der Waals surface area contributed by atoms with Crippen LogP contribution in [-0.2, 0) is 9.53 Å². The van der Waals surface area contributed by atoms with Gasteiger partial charge in [-0.05, 0) is 40.0 Å². The van der Waals surface area contributed by atoms with Crippen LogP contribution in [0.4, 0.5) is 4.79 Å². The van der Waals surface area contributed by atoms with Gasteiger partial charge in [-0.15, -0.1) is 0 Å². The highest BCUT2D eigenvalue weighted by atomic mass is 16.5. The Bertz CT molecular complexity index is 464. The molecule has 158 valence electrons. The molecule has 0 heterocycles. The second kappa shape index (κ2) is 14.1. The molecule has 0 aliphatic rings. The molecule has 0 rings (SSSR count). The number of hydrogen-bond acceptors (Lipinski definition) is 4. The van der Waals surface area contributed by atoms with Crippen LogP contribution >= 0.6 is 0 Å². The molecule has 27 heavy (non-hydrogen) atoms. The topological polar surface area (TPSA) is 86.3 Å². The van der Waals surface area contributed by atoms with Gasteiger partial charge in [-0.3, -0.25) is 9.79 Å². The third-order valence-electron chi connectivity index (χ3n) is 4.00. The van der Waals surface area contributed by atoms with Crippen LogP contribution in [0.3, 0.4) is 0 Å². The van der Waals surface area contributed by atoms with Crippen molar-refractivity contribution in [3.8, 4) is 0 Å². The number of carbonyl (C=O) groups excluding carboxylic acids is 2. The summed E-state index contributed by atoms with van der Waals surface area (Å²) in [4.78, 5) is 32.4. The molecule has 0 saturated carbocycles. The molecule has 0 radical (unpaired) electrons. The molecule has 0 aliphatic carbocycles. The SMILES string of the molecule is CCNC(=NCC(CC(C)C)NC(=O)OCC)N(C)CC(=O)N(CC)CC. The fourth-order valence-electron chi connectivity index (χ4n) is 2.71. The van der Waals surface area contributed by atoms with Crippen molar-refractivity contribution in [3.05, 3.63) is 0 Å². The second-order valence-electron chi connectivity index (χ2n) is 6.81. The van der Waals surface area contributed by atoms with Crippen LogP contribution in [0.25, 0.3) is 0 Å². The van der Waals surface area contributed by atoms with E-state index in [2.05, 4.69) is 29.5 Å². The van der Waals surface area contributed by atoms with E-state index in [9.17, 15) is 9.59 Å². The van der Waals surface area contributed by atoms with E-state index in [1.54, 1.807) is 11.8 Å². The van der Waals surface area contributed by atoms with Gasteiger partial charge in [0.15, 0.2) is 5.96 Å². The van der Waals surface area contributed by atoms with E-state index < -0.39 is 6.09 Å². The molecule has 8 heteroatoms. The number of rotatable bonds is 11. The van der Waals surface area contributed by atoms with Crippen molar-refractivity contribution >= 4 is 18.0 Å². The van der Waals surface area contributed by atoms with Crippen molar-refractivity contribution < 1.29 is 14.3 Å². The summed E-state index contributed by atoms with van der Waals surface area (Å²) in [6, 6.07) is -0.121. The summed E-state index contributed by atoms with van der Waals surface area (Å²) in [7, 11) is 1.85. The van der Waals surface area contributed by atoms with Crippen molar-refractivity contribution in [2.45, 2.75) is 54.0 Å². The summed E-state index contributed by atoms with van der Waals surface area (Å²) < 4.78 is 4.98. The smallest absolute Gasteiger partial charge is 0.407 e. The van der Waals surface area contributed by atoms with E-state index in [1.165, 1.54) is 0 Å². The fraction of sp³-hybridized carbons (Fsp3) is 0.842. The van der Waals surface area contributed by atoms with Gasteiger partial charge >= 0.3 is 6.09 Å². The van der Waals surface area contributed by atoms with Crippen LogP contribution in [0, 0.1) is 5.92 Å². The Morgan fingerprint density at radius 3 is 2.22 bits per heavy atom. The summed E-state index contributed by atoms with van der Waals surface area (Å²) in [6.45, 7) is 15.0. The molecular formula is C19H39N5O3. The van der Waals surface area contributed by atoms with Crippen LogP contribution in [0.15, 0.2) is 4.99 Å². The summed E-state index contributed by atoms with van der Waals surface area (Å²) in [6.07, 6.45) is 0.373. The van der Waals surface area contributed by atoms with Gasteiger partial charge in [0.2, 0.25) is 5.91 Å². The molecule has 1 unspecified atom stereocenters. The number of guanidine groups is 1. The van der Waals surface area contributed by atoms with Crippen molar-refractivity contribution in [3.63, 3.8) is 0 Å². The number of nitrogens with zero attached hydrogens (tertiary/aromatic N) is 3. The number of hydrogen-bond donors (Lipinski definition) is 2. The lowest BCUT2D eigenvalue weighted by atomic mass is 10.0. The summed E-state index contributed by atoms with van der Waals surface area (Å²) >= 11 is 0. The first-order chi connectivity index (χ1) is 12.8. The molecular weight excluding hydrogens is 346 g/mol. The van der Waals surface area contributed by atoms with Gasteiger partial charge < -0.3 is 25.2 Å². The minimum absolute atomic E-state index is 0.0662. The van der Waals surface area contributed by atoms with E-state index in [0.29, 0.717) is 44.7 Å². The lowest BCUT2D eigenvalue weighted by molar-refractivity contribution is -0.131. The number of carbonyl (C=O) groups is 2. The molecule has 2 amide bonds. The maximum atomic E-state index is 12.4. The summed E-state index contributed by atoms with van der Waals surface area (Å²) in [5, 5.41) is 6.08. The lowest BCUT2D eigenvalue weighted by Crippen LogP contribution is -2.46. The Morgan fingerprint density at radius 1 is 1.11 bits per heavy atom. The summed E-state index contributed by atoms with van der Waals surface area (Å²) in [5.41, 5.74) is 0. The van der Waals surface area contributed by atoms with Crippen molar-refractivity contribution in [1.29, 1.82) is 0 Å². The van der Waals surface area contributed by atoms with Gasteiger partial charge in [0, 0.05) is 26.7 Å². The van der Waals surface area contributed by atoms with E-state index >= 15 is 0 Å². The zero-order chi connectivity index (χ0) is 20.8. The molecule has 0 aromatic carbocycles. The van der Waals surface area contributed by atoms with E-state index in [1.807, 2.05) is 32.7 Å². The molecule has 8 nitrogen and oxygen atoms in total. The van der Waals surface area contributed by atoms with E-state index in [-0.39, 0.29) is 18.5 Å². The number of likely N-dealkylation sites (N-methyl/N-ethyl adjacent to an activating group) is 2. The first-order valence-corrected chi connectivity index (χ1v) is 9.99. The highest BCUT2D eigenvalue weighted by Gasteiger charge is 2.17. The highest BCUT2D eigenvalue weighted by Crippen LogP contribution is 2.06.